The third kappa shape index (κ3) is 5.75. The molecule has 1 unspecified atom stereocenters. The number of hydrogen-bond acceptors (Lipinski definition) is 6. The monoisotopic (exact) mass is 530 g/mol. The van der Waals surface area contributed by atoms with Crippen molar-refractivity contribution in [2.45, 2.75) is 31.9 Å². The summed E-state index contributed by atoms with van der Waals surface area (Å²) in [4.78, 5) is 12.5. The van der Waals surface area contributed by atoms with Crippen LogP contribution in [-0.4, -0.2) is 52.8 Å². The molecule has 174 valence electrons. The Kier molecular flexibility index (Phi) is 7.40. The predicted molar refractivity (Wildman–Crippen MR) is 124 cm³/mol. The highest BCUT2D eigenvalue weighted by atomic mass is 79.9. The molecule has 1 saturated carbocycles. The molecule has 1 aliphatic carbocycles. The standard InChI is InChI=1S/C20H24BrFN4O5S/c1-12(2)25-10-19(24-32(30,31)26(14-4-5-14)9-15(28)11-27)18(8-20(25)29)23-17-6-3-13(21)7-16(17)22/h3,6-8,10,14-15,23-24,27-28H,1,4-5,9,11H2,2H3. The van der Waals surface area contributed by atoms with Crippen LogP contribution in [0, 0.1) is 5.82 Å². The quantitative estimate of drug-likeness (QED) is 0.374. The lowest BCUT2D eigenvalue weighted by Crippen LogP contribution is -2.43. The van der Waals surface area contributed by atoms with E-state index in [1.165, 1.54) is 18.3 Å². The van der Waals surface area contributed by atoms with Crippen molar-refractivity contribution in [2.75, 3.05) is 23.2 Å². The zero-order chi connectivity index (χ0) is 23.6. The Hall–Kier alpha value is -2.25. The molecule has 1 aromatic heterocycles. The van der Waals surface area contributed by atoms with E-state index in [0.717, 1.165) is 14.9 Å². The summed E-state index contributed by atoms with van der Waals surface area (Å²) in [7, 11) is -4.18. The van der Waals surface area contributed by atoms with E-state index in [0.29, 0.717) is 23.0 Å². The molecule has 0 saturated heterocycles. The van der Waals surface area contributed by atoms with Crippen LogP contribution in [0.4, 0.5) is 21.5 Å². The number of aromatic nitrogens is 1. The molecule has 0 radical (unpaired) electrons. The number of anilines is 3. The number of pyridine rings is 1. The van der Waals surface area contributed by atoms with Crippen LogP contribution in [0.3, 0.4) is 0 Å². The van der Waals surface area contributed by atoms with Gasteiger partial charge in [-0.05, 0) is 38.0 Å². The van der Waals surface area contributed by atoms with Crippen molar-refractivity contribution in [1.29, 1.82) is 0 Å². The lowest BCUT2D eigenvalue weighted by atomic mass is 10.2. The van der Waals surface area contributed by atoms with Crippen LogP contribution in [0.15, 0.2) is 46.3 Å². The molecule has 1 aliphatic rings. The first kappa shape index (κ1) is 24.4. The minimum atomic E-state index is -4.18. The number of halogens is 2. The molecule has 2 aromatic rings. The van der Waals surface area contributed by atoms with Gasteiger partial charge in [0.15, 0.2) is 0 Å². The smallest absolute Gasteiger partial charge is 0.302 e. The van der Waals surface area contributed by atoms with Crippen molar-refractivity contribution < 1.29 is 23.0 Å². The minimum absolute atomic E-state index is 0.0148. The van der Waals surface area contributed by atoms with Gasteiger partial charge >= 0.3 is 10.2 Å². The zero-order valence-electron chi connectivity index (χ0n) is 17.3. The number of allylic oxidation sites excluding steroid dienone is 1. The molecule has 1 fully saturated rings. The van der Waals surface area contributed by atoms with Crippen molar-refractivity contribution in [1.82, 2.24) is 8.87 Å². The van der Waals surface area contributed by atoms with Crippen molar-refractivity contribution in [3.8, 4) is 0 Å². The summed E-state index contributed by atoms with van der Waals surface area (Å²) >= 11 is 3.17. The second-order valence-corrected chi connectivity index (χ2v) is 10.1. The maximum Gasteiger partial charge on any atom is 0.302 e. The Morgan fingerprint density at radius 1 is 1.34 bits per heavy atom. The maximum absolute atomic E-state index is 14.4. The second kappa shape index (κ2) is 9.71. The Balaban J connectivity index is 2.02. The van der Waals surface area contributed by atoms with Gasteiger partial charge in [0.05, 0.1) is 29.8 Å². The molecule has 3 rings (SSSR count). The van der Waals surface area contributed by atoms with E-state index in [2.05, 4.69) is 32.5 Å². The van der Waals surface area contributed by atoms with Gasteiger partial charge in [0.2, 0.25) is 0 Å². The maximum atomic E-state index is 14.4. The summed E-state index contributed by atoms with van der Waals surface area (Å²) in [5, 5.41) is 21.7. The van der Waals surface area contributed by atoms with Crippen LogP contribution in [-0.2, 0) is 10.2 Å². The molecule has 4 N–H and O–H groups in total. The lowest BCUT2D eigenvalue weighted by molar-refractivity contribution is 0.0776. The molecule has 12 heteroatoms. The Morgan fingerprint density at radius 2 is 2.03 bits per heavy atom. The third-order valence-corrected chi connectivity index (χ3v) is 6.80. The molecule has 0 spiro atoms. The van der Waals surface area contributed by atoms with Crippen LogP contribution >= 0.6 is 15.9 Å². The highest BCUT2D eigenvalue weighted by Crippen LogP contribution is 2.32. The van der Waals surface area contributed by atoms with Crippen LogP contribution in [0.5, 0.6) is 0 Å². The summed E-state index contributed by atoms with van der Waals surface area (Å²) in [5.41, 5.74) is -0.0764. The van der Waals surface area contributed by atoms with Crippen LogP contribution in [0.2, 0.25) is 0 Å². The van der Waals surface area contributed by atoms with Crippen LogP contribution in [0.25, 0.3) is 5.70 Å². The van der Waals surface area contributed by atoms with Gasteiger partial charge in [0, 0.05) is 35.0 Å². The Bertz CT molecular complexity index is 1180. The van der Waals surface area contributed by atoms with Gasteiger partial charge in [0.1, 0.15) is 5.82 Å². The van der Waals surface area contributed by atoms with Crippen molar-refractivity contribution in [2.24, 2.45) is 0 Å². The van der Waals surface area contributed by atoms with E-state index in [1.54, 1.807) is 13.0 Å². The first-order chi connectivity index (χ1) is 15.0. The summed E-state index contributed by atoms with van der Waals surface area (Å²) in [6.45, 7) is 4.41. The first-order valence-corrected chi connectivity index (χ1v) is 12.0. The summed E-state index contributed by atoms with van der Waals surface area (Å²) in [6, 6.07) is 5.09. The highest BCUT2D eigenvalue weighted by Gasteiger charge is 2.38. The predicted octanol–water partition coefficient (Wildman–Crippen LogP) is 2.46. The number of aliphatic hydroxyl groups is 2. The fourth-order valence-corrected chi connectivity index (χ4v) is 4.88. The number of nitrogens with zero attached hydrogens (tertiary/aromatic N) is 2. The molecule has 1 aromatic carbocycles. The summed E-state index contributed by atoms with van der Waals surface area (Å²) < 4.78 is 45.8. The summed E-state index contributed by atoms with van der Waals surface area (Å²) in [6.07, 6.45) is 1.26. The van der Waals surface area contributed by atoms with Gasteiger partial charge in [-0.1, -0.05) is 22.5 Å². The minimum Gasteiger partial charge on any atom is -0.394 e. The average molecular weight is 531 g/mol. The van der Waals surface area contributed by atoms with Crippen LogP contribution in [0.1, 0.15) is 19.8 Å². The van der Waals surface area contributed by atoms with Gasteiger partial charge in [0.25, 0.3) is 5.56 Å². The number of aliphatic hydroxyl groups excluding tert-OH is 2. The van der Waals surface area contributed by atoms with Crippen molar-refractivity contribution in [3.63, 3.8) is 0 Å². The van der Waals surface area contributed by atoms with Gasteiger partial charge in [-0.3, -0.25) is 14.1 Å². The van der Waals surface area contributed by atoms with E-state index in [9.17, 15) is 22.7 Å². The fraction of sp³-hybridized carbons (Fsp3) is 0.350. The molecule has 1 heterocycles. The van der Waals surface area contributed by atoms with E-state index >= 15 is 0 Å². The molecule has 32 heavy (non-hydrogen) atoms. The molecule has 0 bridgehead atoms. The topological polar surface area (TPSA) is 124 Å². The number of rotatable bonds is 10. The number of benzene rings is 1. The van der Waals surface area contributed by atoms with Gasteiger partial charge < -0.3 is 15.5 Å². The molecule has 0 amide bonds. The lowest BCUT2D eigenvalue weighted by Gasteiger charge is -2.25. The van der Waals surface area contributed by atoms with E-state index < -0.39 is 34.3 Å². The number of nitrogens with one attached hydrogen (secondary N) is 2. The molecule has 1 atom stereocenters. The Labute approximate surface area is 193 Å². The second-order valence-electron chi connectivity index (χ2n) is 7.54. The van der Waals surface area contributed by atoms with E-state index in [1.807, 2.05) is 0 Å². The Morgan fingerprint density at radius 3 is 2.59 bits per heavy atom. The molecular weight excluding hydrogens is 507 g/mol. The highest BCUT2D eigenvalue weighted by molar-refractivity contribution is 9.10. The number of hydrogen-bond donors (Lipinski definition) is 4. The third-order valence-electron chi connectivity index (χ3n) is 4.77. The molecule has 9 nitrogen and oxygen atoms in total. The van der Waals surface area contributed by atoms with Gasteiger partial charge in [-0.15, -0.1) is 0 Å². The van der Waals surface area contributed by atoms with E-state index in [-0.39, 0.29) is 29.6 Å². The zero-order valence-corrected chi connectivity index (χ0v) is 19.7. The molecule has 0 aliphatic heterocycles. The van der Waals surface area contributed by atoms with Crippen LogP contribution < -0.4 is 15.6 Å². The largest absolute Gasteiger partial charge is 0.394 e. The average Bonchev–Trinajstić information content (AvgIpc) is 3.54. The van der Waals surface area contributed by atoms with Gasteiger partial charge in [-0.25, -0.2) is 4.39 Å². The molecular formula is C20H24BrFN4O5S. The first-order valence-electron chi connectivity index (χ1n) is 9.75. The van der Waals surface area contributed by atoms with Gasteiger partial charge in [-0.2, -0.15) is 12.7 Å². The van der Waals surface area contributed by atoms with E-state index in [4.69, 9.17) is 5.11 Å². The van der Waals surface area contributed by atoms with Crippen molar-refractivity contribution in [3.05, 3.63) is 57.7 Å². The van der Waals surface area contributed by atoms with Crippen molar-refractivity contribution >= 4 is 48.9 Å². The summed E-state index contributed by atoms with van der Waals surface area (Å²) in [5.74, 6) is -0.608. The normalized spacial score (nSPS) is 14.9. The fourth-order valence-electron chi connectivity index (χ4n) is 3.02. The SMILES string of the molecule is C=C(C)n1cc(NS(=O)(=O)N(CC(O)CO)C2CC2)c(Nc2ccc(Br)cc2F)cc1=O.